The monoisotopic (exact) mass is 261 g/mol. The summed E-state index contributed by atoms with van der Waals surface area (Å²) in [7, 11) is 0. The van der Waals surface area contributed by atoms with Gasteiger partial charge in [0.25, 0.3) is 0 Å². The number of hydrogen-bond donors (Lipinski definition) is 0. The van der Waals surface area contributed by atoms with Gasteiger partial charge in [0.2, 0.25) is 0 Å². The fourth-order valence-corrected chi connectivity index (χ4v) is 1.69. The summed E-state index contributed by atoms with van der Waals surface area (Å²) in [6.45, 7) is 7.96. The molecule has 0 aliphatic rings. The molecule has 0 saturated heterocycles. The molecular formula is C12H17Cl2NO. The summed E-state index contributed by atoms with van der Waals surface area (Å²) in [5.41, 5.74) is 0. The third kappa shape index (κ3) is 4.20. The standard InChI is InChI=1S/C12H17Cl2NO/c1-3-15(4-2)7-8-16-10-5-6-11(13)12(14)9-10/h5-6,9H,3-4,7-8H2,1-2H3. The number of halogens is 2. The van der Waals surface area contributed by atoms with Crippen LogP contribution in [0.2, 0.25) is 10.0 Å². The Hall–Kier alpha value is -0.440. The highest BCUT2D eigenvalue weighted by Gasteiger charge is 2.02. The van der Waals surface area contributed by atoms with E-state index in [1.807, 2.05) is 6.07 Å². The molecule has 1 aromatic rings. The summed E-state index contributed by atoms with van der Waals surface area (Å²) in [6, 6.07) is 5.32. The molecule has 0 aromatic heterocycles. The van der Waals surface area contributed by atoms with Crippen molar-refractivity contribution >= 4 is 23.2 Å². The second-order valence-electron chi connectivity index (χ2n) is 3.45. The van der Waals surface area contributed by atoms with Crippen LogP contribution >= 0.6 is 23.2 Å². The van der Waals surface area contributed by atoms with Crippen molar-refractivity contribution in [1.29, 1.82) is 0 Å². The fourth-order valence-electron chi connectivity index (χ4n) is 1.40. The number of nitrogens with zero attached hydrogens (tertiary/aromatic N) is 1. The summed E-state index contributed by atoms with van der Waals surface area (Å²) >= 11 is 11.7. The normalized spacial score (nSPS) is 10.8. The van der Waals surface area contributed by atoms with E-state index in [1.54, 1.807) is 12.1 Å². The van der Waals surface area contributed by atoms with Gasteiger partial charge in [0, 0.05) is 12.6 Å². The van der Waals surface area contributed by atoms with Crippen molar-refractivity contribution in [2.24, 2.45) is 0 Å². The molecule has 0 unspecified atom stereocenters. The van der Waals surface area contributed by atoms with Crippen LogP contribution in [-0.2, 0) is 0 Å². The molecule has 0 N–H and O–H groups in total. The van der Waals surface area contributed by atoms with Crippen molar-refractivity contribution < 1.29 is 4.74 Å². The van der Waals surface area contributed by atoms with Crippen molar-refractivity contribution in [1.82, 2.24) is 4.90 Å². The first kappa shape index (κ1) is 13.6. The van der Waals surface area contributed by atoms with Gasteiger partial charge in [-0.3, -0.25) is 0 Å². The summed E-state index contributed by atoms with van der Waals surface area (Å²) < 4.78 is 5.59. The molecule has 0 atom stereocenters. The lowest BCUT2D eigenvalue weighted by molar-refractivity contribution is 0.223. The summed E-state index contributed by atoms with van der Waals surface area (Å²) in [5.74, 6) is 0.765. The van der Waals surface area contributed by atoms with Gasteiger partial charge in [-0.15, -0.1) is 0 Å². The molecule has 0 fully saturated rings. The molecule has 1 rings (SSSR count). The highest BCUT2D eigenvalue weighted by molar-refractivity contribution is 6.42. The van der Waals surface area contributed by atoms with Gasteiger partial charge in [0.05, 0.1) is 10.0 Å². The van der Waals surface area contributed by atoms with E-state index in [4.69, 9.17) is 27.9 Å². The van der Waals surface area contributed by atoms with Crippen LogP contribution in [0.25, 0.3) is 0 Å². The van der Waals surface area contributed by atoms with E-state index in [9.17, 15) is 0 Å². The van der Waals surface area contributed by atoms with E-state index in [1.165, 1.54) is 0 Å². The molecule has 16 heavy (non-hydrogen) atoms. The molecule has 0 spiro atoms. The van der Waals surface area contributed by atoms with Gasteiger partial charge in [0.15, 0.2) is 0 Å². The van der Waals surface area contributed by atoms with E-state index in [0.717, 1.165) is 25.4 Å². The quantitative estimate of drug-likeness (QED) is 0.774. The molecule has 0 radical (unpaired) electrons. The average Bonchev–Trinajstić information content (AvgIpc) is 2.29. The van der Waals surface area contributed by atoms with Gasteiger partial charge < -0.3 is 9.64 Å². The zero-order valence-corrected chi connectivity index (χ0v) is 11.2. The van der Waals surface area contributed by atoms with Crippen molar-refractivity contribution in [2.75, 3.05) is 26.2 Å². The molecule has 4 heteroatoms. The minimum atomic E-state index is 0.530. The van der Waals surface area contributed by atoms with Crippen molar-refractivity contribution in [3.8, 4) is 5.75 Å². The summed E-state index contributed by atoms with van der Waals surface area (Å²) in [6.07, 6.45) is 0. The predicted octanol–water partition coefficient (Wildman–Crippen LogP) is 3.71. The Bertz CT molecular complexity index is 327. The minimum absolute atomic E-state index is 0.530. The van der Waals surface area contributed by atoms with Gasteiger partial charge in [0.1, 0.15) is 12.4 Å². The molecule has 0 amide bonds. The molecule has 0 heterocycles. The zero-order valence-electron chi connectivity index (χ0n) is 9.67. The van der Waals surface area contributed by atoms with Crippen LogP contribution in [0.3, 0.4) is 0 Å². The Morgan fingerprint density at radius 3 is 2.38 bits per heavy atom. The maximum Gasteiger partial charge on any atom is 0.120 e. The predicted molar refractivity (Wildman–Crippen MR) is 69.7 cm³/mol. The van der Waals surface area contributed by atoms with Crippen molar-refractivity contribution in [2.45, 2.75) is 13.8 Å². The third-order valence-corrected chi connectivity index (χ3v) is 3.20. The van der Waals surface area contributed by atoms with Crippen LogP contribution < -0.4 is 4.74 Å². The van der Waals surface area contributed by atoms with Gasteiger partial charge >= 0.3 is 0 Å². The maximum absolute atomic E-state index is 5.89. The van der Waals surface area contributed by atoms with Gasteiger partial charge in [-0.25, -0.2) is 0 Å². The molecule has 0 bridgehead atoms. The molecule has 0 aliphatic carbocycles. The largest absolute Gasteiger partial charge is 0.492 e. The number of ether oxygens (including phenoxy) is 1. The first-order valence-electron chi connectivity index (χ1n) is 5.47. The van der Waals surface area contributed by atoms with E-state index in [-0.39, 0.29) is 0 Å². The first-order valence-corrected chi connectivity index (χ1v) is 6.23. The van der Waals surface area contributed by atoms with Crippen molar-refractivity contribution in [3.63, 3.8) is 0 Å². The van der Waals surface area contributed by atoms with Crippen LogP contribution in [0.4, 0.5) is 0 Å². The SMILES string of the molecule is CCN(CC)CCOc1ccc(Cl)c(Cl)c1. The minimum Gasteiger partial charge on any atom is -0.492 e. The molecule has 90 valence electrons. The molecule has 2 nitrogen and oxygen atoms in total. The summed E-state index contributed by atoms with van der Waals surface area (Å²) in [4.78, 5) is 2.30. The van der Waals surface area contributed by atoms with E-state index in [2.05, 4.69) is 18.7 Å². The highest BCUT2D eigenvalue weighted by atomic mass is 35.5. The Balaban J connectivity index is 2.40. The maximum atomic E-state index is 5.89. The molecule has 0 saturated carbocycles. The lowest BCUT2D eigenvalue weighted by Crippen LogP contribution is -2.27. The third-order valence-electron chi connectivity index (χ3n) is 2.46. The molecule has 0 aliphatic heterocycles. The van der Waals surface area contributed by atoms with E-state index >= 15 is 0 Å². The van der Waals surface area contributed by atoms with Crippen LogP contribution in [0.15, 0.2) is 18.2 Å². The van der Waals surface area contributed by atoms with Crippen LogP contribution in [0.5, 0.6) is 5.75 Å². The van der Waals surface area contributed by atoms with Gasteiger partial charge in [-0.05, 0) is 25.2 Å². The Morgan fingerprint density at radius 1 is 1.12 bits per heavy atom. The highest BCUT2D eigenvalue weighted by Crippen LogP contribution is 2.26. The number of likely N-dealkylation sites (N-methyl/N-ethyl adjacent to an activating group) is 1. The number of rotatable bonds is 6. The van der Waals surface area contributed by atoms with Crippen molar-refractivity contribution in [3.05, 3.63) is 28.2 Å². The number of benzene rings is 1. The Morgan fingerprint density at radius 2 is 1.81 bits per heavy atom. The first-order chi connectivity index (χ1) is 7.67. The second-order valence-corrected chi connectivity index (χ2v) is 4.27. The van der Waals surface area contributed by atoms with E-state index in [0.29, 0.717) is 16.7 Å². The zero-order chi connectivity index (χ0) is 12.0. The Kier molecular flexibility index (Phi) is 5.96. The Labute approximate surface area is 107 Å². The molecule has 1 aromatic carbocycles. The van der Waals surface area contributed by atoms with E-state index < -0.39 is 0 Å². The van der Waals surface area contributed by atoms with Crippen LogP contribution in [0.1, 0.15) is 13.8 Å². The van der Waals surface area contributed by atoms with Crippen LogP contribution in [-0.4, -0.2) is 31.1 Å². The molecular weight excluding hydrogens is 245 g/mol. The van der Waals surface area contributed by atoms with Gasteiger partial charge in [-0.1, -0.05) is 37.0 Å². The lowest BCUT2D eigenvalue weighted by Gasteiger charge is -2.18. The number of hydrogen-bond acceptors (Lipinski definition) is 2. The summed E-state index contributed by atoms with van der Waals surface area (Å²) in [5, 5.41) is 1.08. The van der Waals surface area contributed by atoms with Crippen LogP contribution in [0, 0.1) is 0 Å². The average molecular weight is 262 g/mol. The fraction of sp³-hybridized carbons (Fsp3) is 0.500. The van der Waals surface area contributed by atoms with Gasteiger partial charge in [-0.2, -0.15) is 0 Å². The lowest BCUT2D eigenvalue weighted by atomic mass is 10.3. The topological polar surface area (TPSA) is 12.5 Å². The smallest absolute Gasteiger partial charge is 0.120 e. The second kappa shape index (κ2) is 7.00.